The third-order valence-electron chi connectivity index (χ3n) is 3.03. The Hall–Kier alpha value is 0.310. The van der Waals surface area contributed by atoms with Crippen molar-refractivity contribution in [2.24, 2.45) is 0 Å². The molecule has 0 radical (unpaired) electrons. The molecule has 70 valence electrons. The molecule has 1 aliphatic heterocycles. The molecule has 1 heterocycles. The number of hydrogen-bond acceptors (Lipinski definition) is 2. The van der Waals surface area contributed by atoms with Crippen LogP contribution in [0.1, 0.15) is 39.0 Å². The molecule has 3 atom stereocenters. The highest BCUT2D eigenvalue weighted by molar-refractivity contribution is 8.00. The van der Waals surface area contributed by atoms with Crippen molar-refractivity contribution in [3.63, 3.8) is 0 Å². The Bertz CT molecular complexity index is 149. The zero-order chi connectivity index (χ0) is 8.39. The molecule has 1 nitrogen and oxygen atoms in total. The highest BCUT2D eigenvalue weighted by Crippen LogP contribution is 2.33. The maximum atomic E-state index is 3.69. The van der Waals surface area contributed by atoms with Gasteiger partial charge in [0.2, 0.25) is 0 Å². The van der Waals surface area contributed by atoms with Crippen LogP contribution < -0.4 is 5.32 Å². The summed E-state index contributed by atoms with van der Waals surface area (Å²) < 4.78 is 0. The van der Waals surface area contributed by atoms with Gasteiger partial charge in [0.25, 0.3) is 0 Å². The first-order valence-corrected chi connectivity index (χ1v) is 6.19. The number of thioether (sulfide) groups is 1. The van der Waals surface area contributed by atoms with E-state index in [-0.39, 0.29) is 0 Å². The Morgan fingerprint density at radius 2 is 2.00 bits per heavy atom. The second kappa shape index (κ2) is 4.01. The van der Waals surface area contributed by atoms with E-state index < -0.39 is 0 Å². The zero-order valence-corrected chi connectivity index (χ0v) is 8.70. The standard InChI is InChI=1S/C10H19NS/c1-8-7-11-9-5-3-2-4-6-10(9)12-8/h8-11H,2-7H2,1H3. The molecule has 2 rings (SSSR count). The van der Waals surface area contributed by atoms with Gasteiger partial charge < -0.3 is 5.32 Å². The fourth-order valence-corrected chi connectivity index (χ4v) is 3.85. The Balaban J connectivity index is 1.94. The van der Waals surface area contributed by atoms with E-state index in [1.165, 1.54) is 38.6 Å². The van der Waals surface area contributed by atoms with E-state index >= 15 is 0 Å². The molecule has 2 fully saturated rings. The van der Waals surface area contributed by atoms with Gasteiger partial charge in [0.15, 0.2) is 0 Å². The van der Waals surface area contributed by atoms with Crippen molar-refractivity contribution in [3.8, 4) is 0 Å². The van der Waals surface area contributed by atoms with Gasteiger partial charge in [-0.1, -0.05) is 26.2 Å². The van der Waals surface area contributed by atoms with Crippen LogP contribution in [0.5, 0.6) is 0 Å². The van der Waals surface area contributed by atoms with Gasteiger partial charge in [-0.25, -0.2) is 0 Å². The summed E-state index contributed by atoms with van der Waals surface area (Å²) in [6.07, 6.45) is 7.24. The van der Waals surface area contributed by atoms with Crippen molar-refractivity contribution in [3.05, 3.63) is 0 Å². The van der Waals surface area contributed by atoms with E-state index in [9.17, 15) is 0 Å². The minimum atomic E-state index is 0.837. The fraction of sp³-hybridized carbons (Fsp3) is 1.00. The molecule has 0 amide bonds. The molecule has 1 saturated heterocycles. The first-order chi connectivity index (χ1) is 5.86. The number of fused-ring (bicyclic) bond motifs is 1. The van der Waals surface area contributed by atoms with Gasteiger partial charge >= 0.3 is 0 Å². The van der Waals surface area contributed by atoms with Crippen molar-refractivity contribution >= 4 is 11.8 Å². The maximum absolute atomic E-state index is 3.69. The monoisotopic (exact) mass is 185 g/mol. The van der Waals surface area contributed by atoms with E-state index in [2.05, 4.69) is 24.0 Å². The minimum absolute atomic E-state index is 0.837. The summed E-state index contributed by atoms with van der Waals surface area (Å²) in [5, 5.41) is 5.45. The van der Waals surface area contributed by atoms with Gasteiger partial charge in [0.1, 0.15) is 0 Å². The van der Waals surface area contributed by atoms with Gasteiger partial charge in [0.05, 0.1) is 0 Å². The van der Waals surface area contributed by atoms with Crippen LogP contribution in [0.4, 0.5) is 0 Å². The van der Waals surface area contributed by atoms with Gasteiger partial charge in [-0.15, -0.1) is 0 Å². The lowest BCUT2D eigenvalue weighted by Gasteiger charge is -2.34. The van der Waals surface area contributed by atoms with E-state index in [0.717, 1.165) is 16.5 Å². The summed E-state index contributed by atoms with van der Waals surface area (Å²) in [4.78, 5) is 0. The average molecular weight is 185 g/mol. The van der Waals surface area contributed by atoms with Crippen LogP contribution in [0, 0.1) is 0 Å². The van der Waals surface area contributed by atoms with Crippen LogP contribution >= 0.6 is 11.8 Å². The molecule has 3 unspecified atom stereocenters. The van der Waals surface area contributed by atoms with E-state index in [4.69, 9.17) is 0 Å². The van der Waals surface area contributed by atoms with Crippen LogP contribution in [0.2, 0.25) is 0 Å². The van der Waals surface area contributed by atoms with Gasteiger partial charge in [0, 0.05) is 23.1 Å². The molecule has 12 heavy (non-hydrogen) atoms. The number of rotatable bonds is 0. The minimum Gasteiger partial charge on any atom is -0.312 e. The summed E-state index contributed by atoms with van der Waals surface area (Å²) >= 11 is 2.22. The average Bonchev–Trinajstić information content (AvgIpc) is 2.28. The molecule has 1 N–H and O–H groups in total. The first kappa shape index (κ1) is 8.89. The van der Waals surface area contributed by atoms with Gasteiger partial charge in [-0.05, 0) is 12.8 Å². The highest BCUT2D eigenvalue weighted by Gasteiger charge is 2.29. The molecular weight excluding hydrogens is 166 g/mol. The second-order valence-corrected chi connectivity index (χ2v) is 5.82. The lowest BCUT2D eigenvalue weighted by molar-refractivity contribution is 0.455. The van der Waals surface area contributed by atoms with Crippen LogP contribution in [0.15, 0.2) is 0 Å². The van der Waals surface area contributed by atoms with E-state index in [1.54, 1.807) is 0 Å². The Morgan fingerprint density at radius 1 is 1.17 bits per heavy atom. The van der Waals surface area contributed by atoms with Crippen molar-refractivity contribution in [2.75, 3.05) is 6.54 Å². The second-order valence-electron chi connectivity index (χ2n) is 4.14. The molecule has 0 aromatic carbocycles. The van der Waals surface area contributed by atoms with Crippen molar-refractivity contribution < 1.29 is 0 Å². The predicted octanol–water partition coefficient (Wildman–Crippen LogP) is 2.41. The molecule has 0 spiro atoms. The lowest BCUT2D eigenvalue weighted by atomic mass is 10.1. The van der Waals surface area contributed by atoms with E-state index in [0.29, 0.717) is 0 Å². The van der Waals surface area contributed by atoms with Crippen LogP contribution in [0.3, 0.4) is 0 Å². The van der Waals surface area contributed by atoms with E-state index in [1.807, 2.05) is 0 Å². The summed E-state index contributed by atoms with van der Waals surface area (Å²) in [5.41, 5.74) is 0. The smallest absolute Gasteiger partial charge is 0.0204 e. The van der Waals surface area contributed by atoms with Crippen LogP contribution in [0.25, 0.3) is 0 Å². The summed E-state index contributed by atoms with van der Waals surface area (Å²) in [6, 6.07) is 0.841. The molecule has 0 aromatic rings. The maximum Gasteiger partial charge on any atom is 0.0204 e. The lowest BCUT2D eigenvalue weighted by Crippen LogP contribution is -2.46. The van der Waals surface area contributed by atoms with Crippen molar-refractivity contribution in [1.82, 2.24) is 5.32 Å². The Kier molecular flexibility index (Phi) is 2.97. The van der Waals surface area contributed by atoms with Crippen LogP contribution in [-0.4, -0.2) is 23.1 Å². The van der Waals surface area contributed by atoms with Crippen molar-refractivity contribution in [2.45, 2.75) is 55.6 Å². The molecule has 0 bridgehead atoms. The topological polar surface area (TPSA) is 12.0 Å². The zero-order valence-electron chi connectivity index (χ0n) is 7.88. The molecule has 1 saturated carbocycles. The summed E-state index contributed by atoms with van der Waals surface area (Å²) in [6.45, 7) is 3.57. The Labute approximate surface area is 79.7 Å². The number of nitrogens with one attached hydrogen (secondary N) is 1. The first-order valence-electron chi connectivity index (χ1n) is 5.25. The summed E-state index contributed by atoms with van der Waals surface area (Å²) in [7, 11) is 0. The fourth-order valence-electron chi connectivity index (χ4n) is 2.33. The van der Waals surface area contributed by atoms with Gasteiger partial charge in [-0.2, -0.15) is 11.8 Å². The highest BCUT2D eigenvalue weighted by atomic mass is 32.2. The predicted molar refractivity (Wildman–Crippen MR) is 55.7 cm³/mol. The molecule has 1 aliphatic carbocycles. The Morgan fingerprint density at radius 3 is 2.92 bits per heavy atom. The molecule has 2 aliphatic rings. The SMILES string of the molecule is CC1CNC2CCCCCC2S1. The molecular formula is C10H19NS. The molecule has 0 aromatic heterocycles. The van der Waals surface area contributed by atoms with Gasteiger partial charge in [-0.3, -0.25) is 0 Å². The number of hydrogen-bond donors (Lipinski definition) is 1. The van der Waals surface area contributed by atoms with Crippen LogP contribution in [-0.2, 0) is 0 Å². The quantitative estimate of drug-likeness (QED) is 0.622. The largest absolute Gasteiger partial charge is 0.312 e. The normalized spacial score (nSPS) is 43.2. The summed E-state index contributed by atoms with van der Waals surface area (Å²) in [5.74, 6) is 0. The van der Waals surface area contributed by atoms with Crippen molar-refractivity contribution in [1.29, 1.82) is 0 Å². The molecule has 2 heteroatoms. The third kappa shape index (κ3) is 1.97. The third-order valence-corrected chi connectivity index (χ3v) is 4.57.